The minimum absolute atomic E-state index is 0.107. The van der Waals surface area contributed by atoms with Crippen LogP contribution < -0.4 is 0 Å². The molecule has 1 N–H and O–H groups in total. The molecule has 0 aromatic rings. The Morgan fingerprint density at radius 3 is 1.81 bits per heavy atom. The van der Waals surface area contributed by atoms with Gasteiger partial charge in [0.05, 0.1) is 0 Å². The zero-order valence-electron chi connectivity index (χ0n) is 18.7. The van der Waals surface area contributed by atoms with Crippen molar-refractivity contribution in [3.05, 3.63) is 0 Å². The molecule has 0 radical (unpaired) electrons. The summed E-state index contributed by atoms with van der Waals surface area (Å²) in [6.07, 6.45) is 23.3. The Balaban J connectivity index is 2.71. The molecule has 3 heteroatoms. The second-order valence-corrected chi connectivity index (χ2v) is 10.8. The highest BCUT2D eigenvalue weighted by molar-refractivity contribution is 7.38. The van der Waals surface area contributed by atoms with Crippen molar-refractivity contribution in [3.63, 3.8) is 0 Å². The van der Waals surface area contributed by atoms with E-state index < -0.39 is 8.03 Å². The largest absolute Gasteiger partial charge is 0.346 e. The fourth-order valence-electron chi connectivity index (χ4n) is 5.39. The topological polar surface area (TPSA) is 37.3 Å². The lowest BCUT2D eigenvalue weighted by Crippen LogP contribution is -2.35. The average molecular weight is 401 g/mol. The Bertz CT molecular complexity index is 371. The molecule has 0 spiro atoms. The highest BCUT2D eigenvalue weighted by atomic mass is 31.1. The zero-order valence-corrected chi connectivity index (χ0v) is 19.7. The molecule has 3 atom stereocenters. The summed E-state index contributed by atoms with van der Waals surface area (Å²) >= 11 is 0. The molecule has 27 heavy (non-hydrogen) atoms. The van der Waals surface area contributed by atoms with Crippen molar-refractivity contribution in [3.8, 4) is 0 Å². The van der Waals surface area contributed by atoms with Gasteiger partial charge in [0.1, 0.15) is 0 Å². The summed E-state index contributed by atoms with van der Waals surface area (Å²) in [5.41, 5.74) is 0.584. The predicted molar refractivity (Wildman–Crippen MR) is 121 cm³/mol. The molecular formula is C24H49O2P. The third kappa shape index (κ3) is 9.98. The van der Waals surface area contributed by atoms with Crippen LogP contribution in [-0.2, 0) is 4.57 Å². The molecule has 1 fully saturated rings. The lowest BCUT2D eigenvalue weighted by atomic mass is 9.63. The van der Waals surface area contributed by atoms with Crippen LogP contribution in [0.1, 0.15) is 136 Å². The Morgan fingerprint density at radius 2 is 1.33 bits per heavy atom. The van der Waals surface area contributed by atoms with Gasteiger partial charge in [0.15, 0.2) is 8.03 Å². The molecule has 1 aliphatic rings. The highest BCUT2D eigenvalue weighted by Crippen LogP contribution is 2.53. The molecule has 2 nitrogen and oxygen atoms in total. The average Bonchev–Trinajstić information content (AvgIpc) is 2.66. The molecule has 0 saturated heterocycles. The third-order valence-corrected chi connectivity index (χ3v) is 8.51. The van der Waals surface area contributed by atoms with Gasteiger partial charge in [-0.05, 0) is 49.9 Å². The molecule has 162 valence electrons. The molecular weight excluding hydrogens is 351 g/mol. The van der Waals surface area contributed by atoms with Crippen LogP contribution in [0, 0.1) is 11.3 Å². The van der Waals surface area contributed by atoms with Gasteiger partial charge in [-0.2, -0.15) is 0 Å². The minimum Gasteiger partial charge on any atom is -0.346 e. The lowest BCUT2D eigenvalue weighted by molar-refractivity contribution is 0.101. The first-order valence-corrected chi connectivity index (χ1v) is 13.7. The van der Waals surface area contributed by atoms with Crippen molar-refractivity contribution in [2.75, 3.05) is 0 Å². The Kier molecular flexibility index (Phi) is 14.1. The van der Waals surface area contributed by atoms with Gasteiger partial charge in [0.2, 0.25) is 0 Å². The van der Waals surface area contributed by atoms with Gasteiger partial charge in [0, 0.05) is 5.66 Å². The van der Waals surface area contributed by atoms with Crippen molar-refractivity contribution in [1.29, 1.82) is 0 Å². The number of rotatable bonds is 16. The monoisotopic (exact) mass is 400 g/mol. The standard InChI is InChI=1S/C24H49O2P/c1-4-7-10-13-16-22-21-24(18-14-11-8-5-2,19-15-12-9-6-3)20-17-23(22)27(25)26/h22-23,27H,4-21H2,1-3H3,(H,25,26). The summed E-state index contributed by atoms with van der Waals surface area (Å²) in [4.78, 5) is 9.96. The molecule has 0 aliphatic heterocycles. The van der Waals surface area contributed by atoms with Crippen LogP contribution in [0.4, 0.5) is 0 Å². The van der Waals surface area contributed by atoms with Crippen LogP contribution in [0.3, 0.4) is 0 Å². The number of unbranched alkanes of at least 4 members (excludes halogenated alkanes) is 9. The van der Waals surface area contributed by atoms with Crippen molar-refractivity contribution in [2.24, 2.45) is 11.3 Å². The first-order valence-electron chi connectivity index (χ1n) is 12.3. The summed E-state index contributed by atoms with van der Waals surface area (Å²) in [5, 5.41) is 0. The zero-order chi connectivity index (χ0) is 20.0. The van der Waals surface area contributed by atoms with Crippen LogP contribution in [0.25, 0.3) is 0 Å². The summed E-state index contributed by atoms with van der Waals surface area (Å²) in [6, 6.07) is 0. The molecule has 1 saturated carbocycles. The van der Waals surface area contributed by atoms with Gasteiger partial charge in [-0.1, -0.05) is 97.8 Å². The smallest absolute Gasteiger partial charge is 0.192 e. The van der Waals surface area contributed by atoms with Gasteiger partial charge < -0.3 is 4.89 Å². The van der Waals surface area contributed by atoms with Gasteiger partial charge in [-0.3, -0.25) is 4.57 Å². The molecule has 1 rings (SSSR count). The van der Waals surface area contributed by atoms with Crippen LogP contribution in [0.5, 0.6) is 0 Å². The van der Waals surface area contributed by atoms with E-state index in [-0.39, 0.29) is 5.66 Å². The summed E-state index contributed by atoms with van der Waals surface area (Å²) in [7, 11) is -2.38. The number of hydrogen-bond donors (Lipinski definition) is 1. The molecule has 1 aliphatic carbocycles. The fraction of sp³-hybridized carbons (Fsp3) is 1.00. The second-order valence-electron chi connectivity index (χ2n) is 9.42. The molecule has 3 unspecified atom stereocenters. The van der Waals surface area contributed by atoms with Crippen LogP contribution >= 0.6 is 8.03 Å². The van der Waals surface area contributed by atoms with Crippen molar-refractivity contribution in [1.82, 2.24) is 0 Å². The van der Waals surface area contributed by atoms with E-state index in [4.69, 9.17) is 0 Å². The Labute approximate surface area is 171 Å². The summed E-state index contributed by atoms with van der Waals surface area (Å²) in [5.74, 6) is 0.504. The Hall–Kier alpha value is 0.190. The fourth-order valence-corrected chi connectivity index (χ4v) is 6.47. The maximum atomic E-state index is 12.0. The number of hydrogen-bond acceptors (Lipinski definition) is 1. The van der Waals surface area contributed by atoms with Gasteiger partial charge in [0.25, 0.3) is 0 Å². The molecule has 0 heterocycles. The first kappa shape index (κ1) is 25.2. The first-order chi connectivity index (χ1) is 13.1. The summed E-state index contributed by atoms with van der Waals surface area (Å²) in [6.45, 7) is 6.84. The van der Waals surface area contributed by atoms with Crippen LogP contribution in [0.2, 0.25) is 0 Å². The van der Waals surface area contributed by atoms with Crippen LogP contribution in [-0.4, -0.2) is 10.6 Å². The van der Waals surface area contributed by atoms with Crippen molar-refractivity contribution in [2.45, 2.75) is 142 Å². The Morgan fingerprint density at radius 1 is 0.815 bits per heavy atom. The normalized spacial score (nSPS) is 23.4. The van der Waals surface area contributed by atoms with Crippen LogP contribution in [0.15, 0.2) is 0 Å². The molecule has 0 amide bonds. The summed E-state index contributed by atoms with van der Waals surface area (Å²) < 4.78 is 12.0. The highest BCUT2D eigenvalue weighted by Gasteiger charge is 2.41. The van der Waals surface area contributed by atoms with E-state index in [2.05, 4.69) is 20.8 Å². The van der Waals surface area contributed by atoms with Crippen molar-refractivity contribution < 1.29 is 9.46 Å². The van der Waals surface area contributed by atoms with E-state index >= 15 is 0 Å². The van der Waals surface area contributed by atoms with E-state index in [0.29, 0.717) is 11.3 Å². The van der Waals surface area contributed by atoms with E-state index in [9.17, 15) is 9.46 Å². The maximum absolute atomic E-state index is 12.0. The van der Waals surface area contributed by atoms with E-state index in [1.807, 2.05) is 0 Å². The van der Waals surface area contributed by atoms with Gasteiger partial charge in [-0.15, -0.1) is 0 Å². The maximum Gasteiger partial charge on any atom is 0.192 e. The predicted octanol–water partition coefficient (Wildman–Crippen LogP) is 8.52. The molecule has 0 bridgehead atoms. The molecule has 0 aromatic heterocycles. The lowest BCUT2D eigenvalue weighted by Gasteiger charge is -2.45. The van der Waals surface area contributed by atoms with Gasteiger partial charge >= 0.3 is 0 Å². The SMILES string of the molecule is CCCCCCC1CC(CCCCCC)(CCCCCC)CCC1[PH](=O)O. The minimum atomic E-state index is -2.38. The second kappa shape index (κ2) is 15.1. The van der Waals surface area contributed by atoms with E-state index in [1.54, 1.807) is 0 Å². The third-order valence-electron chi connectivity index (χ3n) is 7.12. The van der Waals surface area contributed by atoms with E-state index in [1.165, 1.54) is 109 Å². The van der Waals surface area contributed by atoms with E-state index in [0.717, 1.165) is 6.42 Å². The molecule has 0 aromatic carbocycles. The van der Waals surface area contributed by atoms with Crippen molar-refractivity contribution >= 4 is 8.03 Å². The van der Waals surface area contributed by atoms with Gasteiger partial charge in [-0.25, -0.2) is 0 Å². The quantitative estimate of drug-likeness (QED) is 0.208.